The molecular formula is C13H21N3O3. The first-order valence-electron chi connectivity index (χ1n) is 6.26. The van der Waals surface area contributed by atoms with Gasteiger partial charge in [0.1, 0.15) is 5.69 Å². The summed E-state index contributed by atoms with van der Waals surface area (Å²) < 4.78 is 0. The normalized spacial score (nSPS) is 13.1. The van der Waals surface area contributed by atoms with Crippen LogP contribution in [-0.2, 0) is 4.79 Å². The van der Waals surface area contributed by atoms with E-state index in [2.05, 4.69) is 36.3 Å². The Morgan fingerprint density at radius 2 is 2.11 bits per heavy atom. The fraction of sp³-hybridized carbons (Fsp3) is 0.615. The minimum atomic E-state index is -1.10. The first-order chi connectivity index (χ1) is 8.67. The van der Waals surface area contributed by atoms with Crippen molar-refractivity contribution in [2.45, 2.75) is 40.5 Å². The predicted octanol–water partition coefficient (Wildman–Crippen LogP) is 2.51. The molecule has 1 heterocycles. The fourth-order valence-corrected chi connectivity index (χ4v) is 2.12. The van der Waals surface area contributed by atoms with Crippen molar-refractivity contribution in [2.75, 3.05) is 5.32 Å². The lowest BCUT2D eigenvalue weighted by Crippen LogP contribution is -2.19. The van der Waals surface area contributed by atoms with Crippen LogP contribution in [0.1, 0.15) is 51.0 Å². The maximum atomic E-state index is 11.8. The predicted molar refractivity (Wildman–Crippen MR) is 72.0 cm³/mol. The third-order valence-corrected chi connectivity index (χ3v) is 2.57. The van der Waals surface area contributed by atoms with Crippen LogP contribution in [0.2, 0.25) is 0 Å². The molecule has 0 radical (unpaired) electrons. The molecule has 0 aliphatic carbocycles. The van der Waals surface area contributed by atoms with E-state index in [-0.39, 0.29) is 28.8 Å². The molecule has 0 saturated heterocycles. The Kier molecular flexibility index (Phi) is 4.69. The highest BCUT2D eigenvalue weighted by Crippen LogP contribution is 2.26. The minimum Gasteiger partial charge on any atom is -0.477 e. The molecule has 0 bridgehead atoms. The van der Waals surface area contributed by atoms with Gasteiger partial charge in [0.25, 0.3) is 0 Å². The number of hydrogen-bond acceptors (Lipinski definition) is 3. The number of rotatable bonds is 5. The standard InChI is InChI=1S/C13H21N3O3/c1-8(7-13(2,3)4)5-11(17)14-10-6-9(12(18)19)15-16-10/h6,8H,5,7H2,1-4H3,(H,18,19)(H2,14,15,16,17). The van der Waals surface area contributed by atoms with Crippen molar-refractivity contribution in [3.8, 4) is 0 Å². The molecule has 0 aliphatic rings. The van der Waals surface area contributed by atoms with Crippen LogP contribution in [0.4, 0.5) is 5.82 Å². The molecule has 1 aromatic rings. The Hall–Kier alpha value is -1.85. The van der Waals surface area contributed by atoms with Crippen LogP contribution in [0.15, 0.2) is 6.07 Å². The van der Waals surface area contributed by atoms with Crippen LogP contribution in [0.25, 0.3) is 0 Å². The van der Waals surface area contributed by atoms with Gasteiger partial charge in [-0.05, 0) is 17.8 Å². The fourth-order valence-electron chi connectivity index (χ4n) is 2.12. The number of H-pyrrole nitrogens is 1. The topological polar surface area (TPSA) is 95.1 Å². The largest absolute Gasteiger partial charge is 0.477 e. The summed E-state index contributed by atoms with van der Waals surface area (Å²) in [7, 11) is 0. The Morgan fingerprint density at radius 1 is 1.47 bits per heavy atom. The molecule has 1 unspecified atom stereocenters. The highest BCUT2D eigenvalue weighted by molar-refractivity contribution is 5.92. The third-order valence-electron chi connectivity index (χ3n) is 2.57. The zero-order valence-electron chi connectivity index (χ0n) is 11.8. The van der Waals surface area contributed by atoms with E-state index < -0.39 is 5.97 Å². The van der Waals surface area contributed by atoms with Gasteiger partial charge in [-0.2, -0.15) is 5.10 Å². The van der Waals surface area contributed by atoms with Crippen molar-refractivity contribution in [2.24, 2.45) is 11.3 Å². The molecule has 1 amide bonds. The lowest BCUT2D eigenvalue weighted by atomic mass is 9.84. The third kappa shape index (κ3) is 5.54. The van der Waals surface area contributed by atoms with Crippen molar-refractivity contribution in [3.05, 3.63) is 11.8 Å². The molecule has 0 aliphatic heterocycles. The Morgan fingerprint density at radius 3 is 2.58 bits per heavy atom. The highest BCUT2D eigenvalue weighted by Gasteiger charge is 2.18. The van der Waals surface area contributed by atoms with Gasteiger partial charge in [-0.25, -0.2) is 4.79 Å². The minimum absolute atomic E-state index is 0.0435. The number of aromatic amines is 1. The monoisotopic (exact) mass is 267 g/mol. The van der Waals surface area contributed by atoms with Gasteiger partial charge in [-0.3, -0.25) is 9.89 Å². The number of aromatic nitrogens is 2. The van der Waals surface area contributed by atoms with Crippen LogP contribution in [-0.4, -0.2) is 27.2 Å². The van der Waals surface area contributed by atoms with Crippen molar-refractivity contribution >= 4 is 17.7 Å². The summed E-state index contributed by atoms with van der Waals surface area (Å²) in [5, 5.41) is 17.4. The van der Waals surface area contributed by atoms with Crippen LogP contribution in [0.5, 0.6) is 0 Å². The van der Waals surface area contributed by atoms with E-state index in [9.17, 15) is 9.59 Å². The Bertz CT molecular complexity index is 460. The number of carboxylic acid groups (broad SMARTS) is 1. The van der Waals surface area contributed by atoms with Gasteiger partial charge >= 0.3 is 5.97 Å². The quantitative estimate of drug-likeness (QED) is 0.763. The van der Waals surface area contributed by atoms with E-state index in [0.29, 0.717) is 6.42 Å². The number of hydrogen-bond donors (Lipinski definition) is 3. The van der Waals surface area contributed by atoms with E-state index in [1.807, 2.05) is 6.92 Å². The Balaban J connectivity index is 2.48. The van der Waals surface area contributed by atoms with Gasteiger partial charge in [-0.1, -0.05) is 27.7 Å². The molecule has 3 N–H and O–H groups in total. The van der Waals surface area contributed by atoms with Gasteiger partial charge in [-0.15, -0.1) is 0 Å². The van der Waals surface area contributed by atoms with E-state index in [4.69, 9.17) is 5.11 Å². The van der Waals surface area contributed by atoms with Crippen molar-refractivity contribution in [1.29, 1.82) is 0 Å². The number of amides is 1. The zero-order valence-corrected chi connectivity index (χ0v) is 11.8. The zero-order chi connectivity index (χ0) is 14.6. The average Bonchev–Trinajstić information content (AvgIpc) is 2.62. The maximum absolute atomic E-state index is 11.8. The first kappa shape index (κ1) is 15.2. The second-order valence-electron chi connectivity index (χ2n) is 6.09. The van der Waals surface area contributed by atoms with Crippen molar-refractivity contribution in [3.63, 3.8) is 0 Å². The maximum Gasteiger partial charge on any atom is 0.353 e. The summed E-state index contributed by atoms with van der Waals surface area (Å²) >= 11 is 0. The molecule has 0 spiro atoms. The lowest BCUT2D eigenvalue weighted by Gasteiger charge is -2.22. The van der Waals surface area contributed by atoms with Crippen LogP contribution >= 0.6 is 0 Å². The molecule has 6 nitrogen and oxygen atoms in total. The van der Waals surface area contributed by atoms with Gasteiger partial charge in [0.15, 0.2) is 5.82 Å². The van der Waals surface area contributed by atoms with Crippen LogP contribution in [0, 0.1) is 11.3 Å². The molecule has 1 atom stereocenters. The molecule has 0 saturated carbocycles. The molecule has 6 heteroatoms. The summed E-state index contributed by atoms with van der Waals surface area (Å²) in [6.07, 6.45) is 1.34. The smallest absolute Gasteiger partial charge is 0.353 e. The van der Waals surface area contributed by atoms with Gasteiger partial charge in [0, 0.05) is 12.5 Å². The molecule has 0 fully saturated rings. The van der Waals surface area contributed by atoms with Gasteiger partial charge < -0.3 is 10.4 Å². The lowest BCUT2D eigenvalue weighted by molar-refractivity contribution is -0.117. The molecule has 106 valence electrons. The number of carboxylic acids is 1. The number of nitrogens with one attached hydrogen (secondary N) is 2. The number of anilines is 1. The first-order valence-corrected chi connectivity index (χ1v) is 6.26. The number of aromatic carboxylic acids is 1. The van der Waals surface area contributed by atoms with Gasteiger partial charge in [0.2, 0.25) is 5.91 Å². The summed E-state index contributed by atoms with van der Waals surface area (Å²) in [4.78, 5) is 22.4. The van der Waals surface area contributed by atoms with Crippen LogP contribution in [0.3, 0.4) is 0 Å². The number of carbonyl (C=O) groups excluding carboxylic acids is 1. The van der Waals surface area contributed by atoms with E-state index >= 15 is 0 Å². The summed E-state index contributed by atoms with van der Waals surface area (Å²) in [6, 6.07) is 1.30. The average molecular weight is 267 g/mol. The summed E-state index contributed by atoms with van der Waals surface area (Å²) in [5.41, 5.74) is 0.140. The SMILES string of the molecule is CC(CC(=O)Nc1cc(C(=O)O)[nH]n1)CC(C)(C)C. The molecule has 1 rings (SSSR count). The van der Waals surface area contributed by atoms with Crippen molar-refractivity contribution in [1.82, 2.24) is 10.2 Å². The van der Waals surface area contributed by atoms with E-state index in [0.717, 1.165) is 6.42 Å². The van der Waals surface area contributed by atoms with E-state index in [1.54, 1.807) is 0 Å². The summed E-state index contributed by atoms with van der Waals surface area (Å²) in [6.45, 7) is 8.43. The number of carbonyl (C=O) groups is 2. The Labute approximate surface area is 112 Å². The molecule has 0 aromatic carbocycles. The second-order valence-corrected chi connectivity index (χ2v) is 6.09. The van der Waals surface area contributed by atoms with E-state index in [1.165, 1.54) is 6.07 Å². The van der Waals surface area contributed by atoms with Crippen LogP contribution < -0.4 is 5.32 Å². The molecule has 19 heavy (non-hydrogen) atoms. The highest BCUT2D eigenvalue weighted by atomic mass is 16.4. The number of nitrogens with zero attached hydrogens (tertiary/aromatic N) is 1. The summed E-state index contributed by atoms with van der Waals surface area (Å²) in [5.74, 6) is -0.752. The second kappa shape index (κ2) is 5.86. The molecular weight excluding hydrogens is 246 g/mol. The van der Waals surface area contributed by atoms with Crippen molar-refractivity contribution < 1.29 is 14.7 Å². The van der Waals surface area contributed by atoms with Gasteiger partial charge in [0.05, 0.1) is 0 Å². The molecule has 1 aromatic heterocycles.